The van der Waals surface area contributed by atoms with Crippen molar-refractivity contribution in [3.8, 4) is 21.3 Å². The quantitative estimate of drug-likeness (QED) is 0.230. The van der Waals surface area contributed by atoms with Gasteiger partial charge in [-0.3, -0.25) is 9.59 Å². The highest BCUT2D eigenvalue weighted by molar-refractivity contribution is 7.89. The Kier molecular flexibility index (Phi) is 10.8. The van der Waals surface area contributed by atoms with Crippen LogP contribution in [0.15, 0.2) is 21.4 Å². The van der Waals surface area contributed by atoms with Gasteiger partial charge in [-0.2, -0.15) is 17.9 Å². The molecule has 1 saturated heterocycles. The molecule has 0 spiro atoms. The van der Waals surface area contributed by atoms with E-state index in [4.69, 9.17) is 32.4 Å². The predicted octanol–water partition coefficient (Wildman–Crippen LogP) is 6.54. The van der Waals surface area contributed by atoms with Gasteiger partial charge >= 0.3 is 12.1 Å². The molecule has 252 valence electrons. The molecule has 2 aromatic heterocycles. The fourth-order valence-corrected chi connectivity index (χ4v) is 8.20. The molecule has 2 atom stereocenters. The van der Waals surface area contributed by atoms with E-state index in [-0.39, 0.29) is 50.4 Å². The van der Waals surface area contributed by atoms with Crippen molar-refractivity contribution in [1.29, 1.82) is 0 Å². The molecule has 2 unspecified atom stereocenters. The average Bonchev–Trinajstić information content (AvgIpc) is 3.63. The molecule has 46 heavy (non-hydrogen) atoms. The van der Waals surface area contributed by atoms with Gasteiger partial charge in [-0.25, -0.2) is 13.4 Å². The lowest BCUT2D eigenvalue weighted by atomic mass is 9.89. The Hall–Kier alpha value is -2.79. The van der Waals surface area contributed by atoms with Gasteiger partial charge in [0.1, 0.15) is 16.6 Å². The van der Waals surface area contributed by atoms with E-state index < -0.39 is 55.9 Å². The van der Waals surface area contributed by atoms with Crippen molar-refractivity contribution in [2.45, 2.75) is 83.0 Å². The summed E-state index contributed by atoms with van der Waals surface area (Å²) in [6, 6.07) is -0.161. The number of nitrogens with zero attached hydrogens (tertiary/aromatic N) is 4. The van der Waals surface area contributed by atoms with Crippen molar-refractivity contribution in [3.05, 3.63) is 33.8 Å². The summed E-state index contributed by atoms with van der Waals surface area (Å²) in [7, 11) is -3.49. The normalized spacial score (nSPS) is 16.8. The van der Waals surface area contributed by atoms with E-state index in [0.29, 0.717) is 6.54 Å². The van der Waals surface area contributed by atoms with E-state index in [9.17, 15) is 31.2 Å². The molecule has 0 aliphatic carbocycles. The number of thiazole rings is 1. The van der Waals surface area contributed by atoms with Gasteiger partial charge in [0.05, 0.1) is 27.4 Å². The number of amides is 1. The van der Waals surface area contributed by atoms with E-state index >= 15 is 0 Å². The molecule has 1 amide bonds. The van der Waals surface area contributed by atoms with E-state index in [0.717, 1.165) is 36.7 Å². The van der Waals surface area contributed by atoms with Crippen LogP contribution < -0.4 is 4.72 Å². The summed E-state index contributed by atoms with van der Waals surface area (Å²) in [4.78, 5) is 31.8. The smallest absolute Gasteiger partial charge is 0.404 e. The number of methoxy groups -OCH3 is 1. The van der Waals surface area contributed by atoms with Crippen LogP contribution in [0.2, 0.25) is 10.0 Å². The van der Waals surface area contributed by atoms with Crippen LogP contribution in [0.1, 0.15) is 69.8 Å². The first kappa shape index (κ1) is 36.1. The number of rotatable bonds is 10. The topological polar surface area (TPSA) is 145 Å². The molecule has 0 saturated carbocycles. The van der Waals surface area contributed by atoms with Crippen molar-refractivity contribution >= 4 is 56.4 Å². The fraction of sp³-hybridized carbons (Fsp3) is 0.536. The lowest BCUT2D eigenvalue weighted by Crippen LogP contribution is -2.44. The Morgan fingerprint density at radius 3 is 2.50 bits per heavy atom. The summed E-state index contributed by atoms with van der Waals surface area (Å²) in [5.74, 6) is -0.830. The minimum atomic E-state index is -4.83. The van der Waals surface area contributed by atoms with Crippen molar-refractivity contribution in [2.75, 3.05) is 13.7 Å². The third kappa shape index (κ3) is 7.51. The maximum atomic E-state index is 13.9. The summed E-state index contributed by atoms with van der Waals surface area (Å²) in [6.45, 7) is 6.88. The SMILES string of the molecule is CCC(NS(=O)(=O)c1ccc(-c2sc(-c3nnc(CC(C)(C)C(=O)OC)o3)nc2C(=O)N2CCCCC2C)c(Cl)c1Cl)C(F)(F)F. The molecule has 18 heteroatoms. The minimum Gasteiger partial charge on any atom is -0.469 e. The Labute approximate surface area is 277 Å². The second-order valence-electron chi connectivity index (χ2n) is 11.5. The Bertz CT molecular complexity index is 1730. The maximum absolute atomic E-state index is 13.9. The second kappa shape index (κ2) is 13.7. The summed E-state index contributed by atoms with van der Waals surface area (Å²) < 4.78 is 78.2. The highest BCUT2D eigenvalue weighted by Crippen LogP contribution is 2.44. The number of piperidine rings is 1. The van der Waals surface area contributed by atoms with Crippen LogP contribution in [0.25, 0.3) is 21.3 Å². The van der Waals surface area contributed by atoms with Crippen molar-refractivity contribution in [1.82, 2.24) is 24.8 Å². The molecule has 1 aliphatic heterocycles. The number of ether oxygens (including phenoxy) is 1. The zero-order chi connectivity index (χ0) is 34.2. The summed E-state index contributed by atoms with van der Waals surface area (Å²) in [5.41, 5.74) is -0.883. The summed E-state index contributed by atoms with van der Waals surface area (Å²) >= 11 is 13.9. The number of alkyl halides is 3. The molecule has 1 N–H and O–H groups in total. The standard InChI is InChI=1S/C28H32Cl2F3N5O6S2/c1-6-17(28(31,32)33)37-46(41,42)16-11-10-15(19(29)20(16)30)22-21(25(39)38-12-8-7-9-14(38)2)34-24(45-22)23-36-35-18(44-23)13-27(3,4)26(40)43-5/h10-11,14,17,37H,6-9,12-13H2,1-5H3. The molecule has 1 fully saturated rings. The first-order valence-electron chi connectivity index (χ1n) is 14.2. The number of benzene rings is 1. The molecule has 11 nitrogen and oxygen atoms in total. The lowest BCUT2D eigenvalue weighted by Gasteiger charge is -2.33. The number of carbonyl (C=O) groups excluding carboxylic acids is 2. The van der Waals surface area contributed by atoms with Crippen molar-refractivity contribution in [2.24, 2.45) is 5.41 Å². The molecular formula is C28H32Cl2F3N5O6S2. The van der Waals surface area contributed by atoms with E-state index in [1.165, 1.54) is 20.1 Å². The highest BCUT2D eigenvalue weighted by Gasteiger charge is 2.42. The second-order valence-corrected chi connectivity index (χ2v) is 14.9. The molecule has 3 aromatic rings. The molecular weight excluding hydrogens is 694 g/mol. The van der Waals surface area contributed by atoms with Gasteiger partial charge in [-0.1, -0.05) is 36.2 Å². The minimum absolute atomic E-state index is 0.0294. The number of likely N-dealkylation sites (tertiary alicyclic amines) is 1. The monoisotopic (exact) mass is 725 g/mol. The predicted molar refractivity (Wildman–Crippen MR) is 165 cm³/mol. The van der Waals surface area contributed by atoms with Crippen LogP contribution in [0.5, 0.6) is 0 Å². The first-order chi connectivity index (χ1) is 21.4. The van der Waals surface area contributed by atoms with Crippen LogP contribution in [0.3, 0.4) is 0 Å². The average molecular weight is 727 g/mol. The van der Waals surface area contributed by atoms with Crippen LogP contribution in [0.4, 0.5) is 13.2 Å². The number of hydrogen-bond donors (Lipinski definition) is 1. The maximum Gasteiger partial charge on any atom is 0.404 e. The fourth-order valence-electron chi connectivity index (χ4n) is 4.96. The van der Waals surface area contributed by atoms with Gasteiger partial charge < -0.3 is 14.1 Å². The third-order valence-electron chi connectivity index (χ3n) is 7.56. The van der Waals surface area contributed by atoms with Gasteiger partial charge in [-0.05, 0) is 52.5 Å². The van der Waals surface area contributed by atoms with Gasteiger partial charge in [0.25, 0.3) is 11.8 Å². The highest BCUT2D eigenvalue weighted by atomic mass is 35.5. The Balaban J connectivity index is 1.79. The number of esters is 1. The third-order valence-corrected chi connectivity index (χ3v) is 11.1. The van der Waals surface area contributed by atoms with Crippen LogP contribution >= 0.6 is 34.5 Å². The number of aromatic nitrogens is 3. The van der Waals surface area contributed by atoms with E-state index in [1.807, 2.05) is 6.92 Å². The van der Waals surface area contributed by atoms with E-state index in [1.54, 1.807) is 23.5 Å². The van der Waals surface area contributed by atoms with Crippen molar-refractivity contribution in [3.63, 3.8) is 0 Å². The Morgan fingerprint density at radius 1 is 1.20 bits per heavy atom. The van der Waals surface area contributed by atoms with Crippen LogP contribution in [-0.2, 0) is 26.0 Å². The largest absolute Gasteiger partial charge is 0.469 e. The zero-order valence-electron chi connectivity index (χ0n) is 25.5. The molecule has 4 rings (SSSR count). The van der Waals surface area contributed by atoms with Crippen molar-refractivity contribution < 1.29 is 40.3 Å². The number of sulfonamides is 1. The zero-order valence-corrected chi connectivity index (χ0v) is 28.6. The number of halogens is 5. The summed E-state index contributed by atoms with van der Waals surface area (Å²) in [6.07, 6.45) is -2.81. The Morgan fingerprint density at radius 2 is 1.89 bits per heavy atom. The van der Waals surface area contributed by atoms with Crippen LogP contribution in [-0.4, -0.2) is 72.3 Å². The van der Waals surface area contributed by atoms with E-state index in [2.05, 4.69) is 15.2 Å². The number of nitrogens with one attached hydrogen (secondary N) is 1. The molecule has 1 aromatic carbocycles. The molecule has 3 heterocycles. The molecule has 0 radical (unpaired) electrons. The van der Waals surface area contributed by atoms with Gasteiger partial charge in [-0.15, -0.1) is 21.5 Å². The number of carbonyl (C=O) groups is 2. The lowest BCUT2D eigenvalue weighted by molar-refractivity contribution is -0.152. The first-order valence-corrected chi connectivity index (χ1v) is 17.3. The van der Waals surface area contributed by atoms with Gasteiger partial charge in [0, 0.05) is 24.6 Å². The summed E-state index contributed by atoms with van der Waals surface area (Å²) in [5, 5.41) is 7.36. The number of hydrogen-bond acceptors (Lipinski definition) is 10. The van der Waals surface area contributed by atoms with Gasteiger partial charge in [0.15, 0.2) is 5.01 Å². The van der Waals surface area contributed by atoms with Gasteiger partial charge in [0.2, 0.25) is 15.9 Å². The van der Waals surface area contributed by atoms with Crippen LogP contribution in [0, 0.1) is 5.41 Å². The molecule has 0 bridgehead atoms. The molecule has 1 aliphatic rings.